The molecular weight excluding hydrogens is 376 g/mol. The van der Waals surface area contributed by atoms with E-state index in [1.165, 1.54) is 22.3 Å². The minimum Gasteiger partial charge on any atom is -0.494 e. The van der Waals surface area contributed by atoms with Gasteiger partial charge < -0.3 is 10.4 Å². The summed E-state index contributed by atoms with van der Waals surface area (Å²) in [4.78, 5) is 28.3. The number of benzene rings is 2. The van der Waals surface area contributed by atoms with E-state index in [1.807, 2.05) is 6.07 Å². The first-order valence-electron chi connectivity index (χ1n) is 8.40. The van der Waals surface area contributed by atoms with Crippen LogP contribution in [0.4, 0.5) is 11.4 Å². The number of nitrogens with one attached hydrogen (secondary N) is 1. The molecule has 2 aromatic carbocycles. The fourth-order valence-electron chi connectivity index (χ4n) is 2.62. The monoisotopic (exact) mass is 394 g/mol. The van der Waals surface area contributed by atoms with Gasteiger partial charge in [-0.15, -0.1) is 0 Å². The highest BCUT2D eigenvalue weighted by atomic mass is 32.1. The predicted octanol–water partition coefficient (Wildman–Crippen LogP) is 3.32. The van der Waals surface area contributed by atoms with Gasteiger partial charge in [0.05, 0.1) is 11.4 Å². The first kappa shape index (κ1) is 19.2. The van der Waals surface area contributed by atoms with Gasteiger partial charge in [0.15, 0.2) is 4.77 Å². The van der Waals surface area contributed by atoms with Crippen LogP contribution in [0.25, 0.3) is 5.69 Å². The van der Waals surface area contributed by atoms with E-state index in [-0.39, 0.29) is 22.1 Å². The molecule has 0 saturated heterocycles. The molecule has 0 fully saturated rings. The summed E-state index contributed by atoms with van der Waals surface area (Å²) < 4.78 is 2.87. The number of aromatic hydroxyl groups is 1. The fraction of sp³-hybridized carbons (Fsp3) is 0.100. The molecule has 0 radical (unpaired) electrons. The maximum absolute atomic E-state index is 12.9. The lowest BCUT2D eigenvalue weighted by Gasteiger charge is -2.12. The molecule has 142 valence electrons. The molecule has 3 aromatic rings. The maximum Gasteiger partial charge on any atom is 0.271 e. The zero-order chi connectivity index (χ0) is 20.3. The van der Waals surface area contributed by atoms with Gasteiger partial charge in [-0.25, -0.2) is 0 Å². The van der Waals surface area contributed by atoms with Crippen LogP contribution in [0, 0.1) is 4.77 Å². The van der Waals surface area contributed by atoms with Crippen LogP contribution in [0.3, 0.4) is 0 Å². The molecule has 1 aromatic heterocycles. The number of hydrogen-bond donors (Lipinski definition) is 2. The smallest absolute Gasteiger partial charge is 0.271 e. The number of anilines is 1. The first-order chi connectivity index (χ1) is 13.4. The number of carbonyl (C=O) groups is 1. The second kappa shape index (κ2) is 8.01. The lowest BCUT2D eigenvalue weighted by Crippen LogP contribution is -2.26. The highest BCUT2D eigenvalue weighted by Gasteiger charge is 2.14. The number of aromatic nitrogens is 2. The number of nitrogens with zero attached hydrogens (tertiary/aromatic N) is 3. The predicted molar refractivity (Wildman–Crippen MR) is 112 cm³/mol. The summed E-state index contributed by atoms with van der Waals surface area (Å²) in [7, 11) is 1.58. The van der Waals surface area contributed by atoms with Crippen LogP contribution >= 0.6 is 12.2 Å². The average Bonchev–Trinajstić information content (AvgIpc) is 2.68. The summed E-state index contributed by atoms with van der Waals surface area (Å²) in [6, 6.07) is 15.7. The Labute approximate surface area is 166 Å². The number of aliphatic imine (C=N–C) groups is 1. The van der Waals surface area contributed by atoms with Crippen LogP contribution in [-0.2, 0) is 11.8 Å². The minimum atomic E-state index is -0.467. The third-order valence-corrected chi connectivity index (χ3v) is 4.47. The Balaban J connectivity index is 2.04. The average molecular weight is 394 g/mol. The Morgan fingerprint density at radius 1 is 1.14 bits per heavy atom. The van der Waals surface area contributed by atoms with Crippen LogP contribution < -0.4 is 10.9 Å². The number of para-hydroxylation sites is 1. The van der Waals surface area contributed by atoms with E-state index in [4.69, 9.17) is 12.2 Å². The van der Waals surface area contributed by atoms with Crippen molar-refractivity contribution >= 4 is 35.7 Å². The summed E-state index contributed by atoms with van der Waals surface area (Å²) in [5.41, 5.74) is 1.35. The molecule has 1 heterocycles. The molecule has 1 amide bonds. The maximum atomic E-state index is 12.9. The molecule has 0 bridgehead atoms. The molecule has 0 aliphatic rings. The third-order valence-electron chi connectivity index (χ3n) is 4.02. The Bertz CT molecular complexity index is 1160. The van der Waals surface area contributed by atoms with E-state index in [0.717, 1.165) is 0 Å². The summed E-state index contributed by atoms with van der Waals surface area (Å²) in [6.45, 7) is 1.43. The number of amides is 1. The summed E-state index contributed by atoms with van der Waals surface area (Å²) in [5.74, 6) is -0.431. The van der Waals surface area contributed by atoms with Gasteiger partial charge in [-0.2, -0.15) is 0 Å². The molecule has 0 spiro atoms. The highest BCUT2D eigenvalue weighted by Crippen LogP contribution is 2.18. The first-order valence-corrected chi connectivity index (χ1v) is 8.81. The van der Waals surface area contributed by atoms with Crippen molar-refractivity contribution in [2.24, 2.45) is 12.0 Å². The van der Waals surface area contributed by atoms with Gasteiger partial charge in [0.2, 0.25) is 11.8 Å². The summed E-state index contributed by atoms with van der Waals surface area (Å²) >= 11 is 5.32. The van der Waals surface area contributed by atoms with Crippen LogP contribution in [0.15, 0.2) is 64.4 Å². The van der Waals surface area contributed by atoms with Crippen molar-refractivity contribution in [3.05, 3.63) is 75.3 Å². The second-order valence-corrected chi connectivity index (χ2v) is 6.41. The van der Waals surface area contributed by atoms with Crippen molar-refractivity contribution in [2.75, 3.05) is 5.32 Å². The molecule has 0 saturated carbocycles. The molecule has 2 N–H and O–H groups in total. The summed E-state index contributed by atoms with van der Waals surface area (Å²) in [5, 5.41) is 13.1. The second-order valence-electron chi connectivity index (χ2n) is 6.04. The molecule has 3 rings (SSSR count). The summed E-state index contributed by atoms with van der Waals surface area (Å²) in [6.07, 6.45) is 1.30. The van der Waals surface area contributed by atoms with Crippen LogP contribution in [-0.4, -0.2) is 26.4 Å². The van der Waals surface area contributed by atoms with Gasteiger partial charge in [0, 0.05) is 25.9 Å². The van der Waals surface area contributed by atoms with E-state index in [9.17, 15) is 14.7 Å². The van der Waals surface area contributed by atoms with Crippen molar-refractivity contribution in [3.63, 3.8) is 0 Å². The molecular formula is C20H18N4O3S. The molecule has 28 heavy (non-hydrogen) atoms. The Kier molecular flexibility index (Phi) is 5.51. The third kappa shape index (κ3) is 3.91. The number of hydrogen-bond acceptors (Lipinski definition) is 5. The van der Waals surface area contributed by atoms with Gasteiger partial charge in [0.1, 0.15) is 5.56 Å². The Hall–Kier alpha value is -3.52. The van der Waals surface area contributed by atoms with Gasteiger partial charge in [0.25, 0.3) is 5.56 Å². The topological polar surface area (TPSA) is 88.6 Å². The van der Waals surface area contributed by atoms with Crippen molar-refractivity contribution < 1.29 is 9.90 Å². The van der Waals surface area contributed by atoms with Crippen LogP contribution in [0.1, 0.15) is 12.5 Å². The lowest BCUT2D eigenvalue weighted by molar-refractivity contribution is -0.114. The molecule has 0 unspecified atom stereocenters. The Morgan fingerprint density at radius 3 is 2.39 bits per heavy atom. The van der Waals surface area contributed by atoms with Crippen LogP contribution in [0.2, 0.25) is 0 Å². The van der Waals surface area contributed by atoms with Crippen LogP contribution in [0.5, 0.6) is 5.88 Å². The highest BCUT2D eigenvalue weighted by molar-refractivity contribution is 7.71. The fourth-order valence-corrected chi connectivity index (χ4v) is 2.89. The molecule has 0 aliphatic heterocycles. The van der Waals surface area contributed by atoms with Gasteiger partial charge >= 0.3 is 0 Å². The van der Waals surface area contributed by atoms with Gasteiger partial charge in [-0.05, 0) is 48.6 Å². The van der Waals surface area contributed by atoms with Gasteiger partial charge in [-0.3, -0.25) is 23.7 Å². The van der Waals surface area contributed by atoms with E-state index in [2.05, 4.69) is 10.3 Å². The van der Waals surface area contributed by atoms with Crippen molar-refractivity contribution in [2.45, 2.75) is 6.92 Å². The lowest BCUT2D eigenvalue weighted by atomic mass is 10.2. The number of rotatable bonds is 4. The molecule has 0 atom stereocenters. The SMILES string of the molecule is CC(=O)Nc1ccc(N=Cc2c(O)n(C)c(=S)n(-c3ccccc3)c2=O)cc1. The van der Waals surface area contributed by atoms with Crippen molar-refractivity contribution in [1.29, 1.82) is 0 Å². The van der Waals surface area contributed by atoms with Crippen molar-refractivity contribution in [3.8, 4) is 11.6 Å². The minimum absolute atomic E-state index is 0.0193. The standard InChI is InChI=1S/C20H18N4O3S/c1-13(25)22-15-10-8-14(9-11-15)21-12-17-18(26)23(2)20(28)24(19(17)27)16-6-4-3-5-7-16/h3-12,26H,1-2H3,(H,22,25). The van der Waals surface area contributed by atoms with E-state index < -0.39 is 5.56 Å². The normalized spacial score (nSPS) is 10.9. The van der Waals surface area contributed by atoms with E-state index in [0.29, 0.717) is 17.1 Å². The molecule has 8 heteroatoms. The number of carbonyl (C=O) groups excluding carboxylic acids is 1. The zero-order valence-corrected chi connectivity index (χ0v) is 16.1. The zero-order valence-electron chi connectivity index (χ0n) is 15.3. The van der Waals surface area contributed by atoms with Crippen molar-refractivity contribution in [1.82, 2.24) is 9.13 Å². The van der Waals surface area contributed by atoms with E-state index >= 15 is 0 Å². The van der Waals surface area contributed by atoms with Gasteiger partial charge in [-0.1, -0.05) is 18.2 Å². The largest absolute Gasteiger partial charge is 0.494 e. The Morgan fingerprint density at radius 2 is 1.79 bits per heavy atom. The molecule has 0 aliphatic carbocycles. The molecule has 7 nitrogen and oxygen atoms in total. The quantitative estimate of drug-likeness (QED) is 0.525. The van der Waals surface area contributed by atoms with E-state index in [1.54, 1.807) is 55.6 Å².